The average Bonchev–Trinajstić information content (AvgIpc) is 2.36. The summed E-state index contributed by atoms with van der Waals surface area (Å²) in [7, 11) is -2.95. The van der Waals surface area contributed by atoms with Gasteiger partial charge < -0.3 is 0 Å². The summed E-state index contributed by atoms with van der Waals surface area (Å²) in [6.07, 6.45) is 1.13. The molecule has 1 unspecified atom stereocenters. The summed E-state index contributed by atoms with van der Waals surface area (Å²) in [6, 6.07) is 4.99. The third-order valence-electron chi connectivity index (χ3n) is 2.93. The highest BCUT2D eigenvalue weighted by atomic mass is 35.5. The first-order valence-corrected chi connectivity index (χ1v) is 8.59. The number of nitrogens with one attached hydrogen (secondary N) is 1. The van der Waals surface area contributed by atoms with Gasteiger partial charge in [0.25, 0.3) is 0 Å². The highest BCUT2D eigenvalue weighted by Gasteiger charge is 2.15. The van der Waals surface area contributed by atoms with Crippen molar-refractivity contribution in [2.75, 3.05) is 11.5 Å². The lowest BCUT2D eigenvalue weighted by Gasteiger charge is -2.17. The minimum atomic E-state index is -2.95. The monoisotopic (exact) mass is 324 g/mol. The van der Waals surface area contributed by atoms with Crippen molar-refractivity contribution in [2.24, 2.45) is 5.84 Å². The molecule has 1 aromatic rings. The van der Waals surface area contributed by atoms with Crippen molar-refractivity contribution in [2.45, 2.75) is 25.8 Å². The van der Waals surface area contributed by atoms with E-state index in [2.05, 4.69) is 5.43 Å². The van der Waals surface area contributed by atoms with Gasteiger partial charge in [-0.15, -0.1) is 0 Å². The molecule has 0 amide bonds. The summed E-state index contributed by atoms with van der Waals surface area (Å²) in [5.41, 5.74) is 3.48. The van der Waals surface area contributed by atoms with Gasteiger partial charge in [-0.05, 0) is 30.5 Å². The van der Waals surface area contributed by atoms with Crippen molar-refractivity contribution in [3.63, 3.8) is 0 Å². The Kier molecular flexibility index (Phi) is 6.56. The van der Waals surface area contributed by atoms with Crippen molar-refractivity contribution in [3.05, 3.63) is 33.8 Å². The second kappa shape index (κ2) is 7.45. The molecule has 0 aliphatic rings. The summed E-state index contributed by atoms with van der Waals surface area (Å²) in [6.45, 7) is 1.64. The lowest BCUT2D eigenvalue weighted by Crippen LogP contribution is -2.28. The number of benzene rings is 1. The Morgan fingerprint density at radius 2 is 2.05 bits per heavy atom. The fraction of sp³-hybridized carbons (Fsp3) is 0.500. The minimum absolute atomic E-state index is 0.160. The number of hydrazine groups is 1. The van der Waals surface area contributed by atoms with E-state index in [-0.39, 0.29) is 17.5 Å². The van der Waals surface area contributed by atoms with E-state index in [1.807, 2.05) is 0 Å². The highest BCUT2D eigenvalue weighted by Crippen LogP contribution is 2.28. The van der Waals surface area contributed by atoms with Crippen molar-refractivity contribution in [1.82, 2.24) is 5.43 Å². The molecule has 0 heterocycles. The summed E-state index contributed by atoms with van der Waals surface area (Å²) in [5, 5.41) is 1.08. The quantitative estimate of drug-likeness (QED) is 0.597. The Morgan fingerprint density at radius 3 is 2.58 bits per heavy atom. The van der Waals surface area contributed by atoms with Gasteiger partial charge in [-0.25, -0.2) is 8.42 Å². The van der Waals surface area contributed by atoms with E-state index in [0.29, 0.717) is 22.9 Å². The van der Waals surface area contributed by atoms with Crippen LogP contribution in [0.2, 0.25) is 10.0 Å². The van der Waals surface area contributed by atoms with Crippen molar-refractivity contribution in [3.8, 4) is 0 Å². The zero-order chi connectivity index (χ0) is 14.5. The predicted octanol–water partition coefficient (Wildman–Crippen LogP) is 2.71. The third kappa shape index (κ3) is 5.28. The molecule has 7 heteroatoms. The van der Waals surface area contributed by atoms with Gasteiger partial charge in [-0.3, -0.25) is 11.3 Å². The van der Waals surface area contributed by atoms with Gasteiger partial charge in [0.1, 0.15) is 9.84 Å². The number of hydrogen-bond acceptors (Lipinski definition) is 4. The summed E-state index contributed by atoms with van der Waals surface area (Å²) >= 11 is 11.9. The normalized spacial score (nSPS) is 13.5. The fourth-order valence-electron chi connectivity index (χ4n) is 1.76. The average molecular weight is 325 g/mol. The Bertz CT molecular complexity index is 520. The first-order chi connectivity index (χ1) is 8.89. The van der Waals surface area contributed by atoms with Crippen LogP contribution < -0.4 is 11.3 Å². The molecule has 0 aliphatic heterocycles. The lowest BCUT2D eigenvalue weighted by molar-refractivity contribution is 0.507. The molecule has 1 aromatic carbocycles. The van der Waals surface area contributed by atoms with Crippen molar-refractivity contribution < 1.29 is 8.42 Å². The van der Waals surface area contributed by atoms with E-state index < -0.39 is 9.84 Å². The van der Waals surface area contributed by atoms with Crippen LogP contribution in [0.4, 0.5) is 0 Å². The van der Waals surface area contributed by atoms with Gasteiger partial charge in [0, 0.05) is 21.8 Å². The fourth-order valence-corrected chi connectivity index (χ4v) is 3.20. The van der Waals surface area contributed by atoms with E-state index in [9.17, 15) is 8.42 Å². The lowest BCUT2D eigenvalue weighted by atomic mass is 10.0. The molecule has 108 valence electrons. The van der Waals surface area contributed by atoms with Crippen LogP contribution in [-0.4, -0.2) is 19.9 Å². The first kappa shape index (κ1) is 16.7. The van der Waals surface area contributed by atoms with Crippen molar-refractivity contribution >= 4 is 33.0 Å². The molecule has 0 fully saturated rings. The molecule has 19 heavy (non-hydrogen) atoms. The SMILES string of the molecule is CCS(=O)(=O)CCCC(NN)c1ccc(Cl)cc1Cl. The molecule has 0 aliphatic carbocycles. The van der Waals surface area contributed by atoms with Gasteiger partial charge >= 0.3 is 0 Å². The molecule has 1 rings (SSSR count). The van der Waals surface area contributed by atoms with Crippen LogP contribution in [0.25, 0.3) is 0 Å². The smallest absolute Gasteiger partial charge is 0.150 e. The second-order valence-electron chi connectivity index (χ2n) is 4.26. The van der Waals surface area contributed by atoms with Crippen LogP contribution in [0.3, 0.4) is 0 Å². The standard InChI is InChI=1S/C12H18Cl2N2O2S/c1-2-19(17,18)7-3-4-12(16-15)10-6-5-9(13)8-11(10)14/h5-6,8,12,16H,2-4,7,15H2,1H3. The van der Waals surface area contributed by atoms with Gasteiger partial charge in [-0.2, -0.15) is 0 Å². The molecular weight excluding hydrogens is 307 g/mol. The largest absolute Gasteiger partial charge is 0.271 e. The van der Waals surface area contributed by atoms with Crippen LogP contribution in [-0.2, 0) is 9.84 Å². The number of hydrogen-bond donors (Lipinski definition) is 2. The van der Waals surface area contributed by atoms with Gasteiger partial charge in [0.2, 0.25) is 0 Å². The number of nitrogens with two attached hydrogens (primary N) is 1. The molecule has 4 nitrogen and oxygen atoms in total. The van der Waals surface area contributed by atoms with Gasteiger partial charge in [0.15, 0.2) is 0 Å². The van der Waals surface area contributed by atoms with Crippen LogP contribution in [0.5, 0.6) is 0 Å². The Labute approximate surface area is 124 Å². The molecule has 0 saturated carbocycles. The van der Waals surface area contributed by atoms with E-state index in [1.54, 1.807) is 25.1 Å². The maximum absolute atomic E-state index is 11.4. The Balaban J connectivity index is 2.68. The number of rotatable bonds is 7. The van der Waals surface area contributed by atoms with E-state index in [4.69, 9.17) is 29.0 Å². The maximum Gasteiger partial charge on any atom is 0.150 e. The summed E-state index contributed by atoms with van der Waals surface area (Å²) in [5.74, 6) is 5.82. The van der Waals surface area contributed by atoms with Crippen molar-refractivity contribution in [1.29, 1.82) is 0 Å². The Morgan fingerprint density at radius 1 is 1.37 bits per heavy atom. The van der Waals surface area contributed by atoms with Crippen LogP contribution in [0.1, 0.15) is 31.4 Å². The Hall–Kier alpha value is -0.330. The van der Waals surface area contributed by atoms with E-state index >= 15 is 0 Å². The molecule has 1 atom stereocenters. The summed E-state index contributed by atoms with van der Waals surface area (Å²) < 4.78 is 22.8. The van der Waals surface area contributed by atoms with Gasteiger partial charge in [-0.1, -0.05) is 36.2 Å². The molecule has 0 aromatic heterocycles. The van der Waals surface area contributed by atoms with Crippen LogP contribution in [0, 0.1) is 0 Å². The van der Waals surface area contributed by atoms with Gasteiger partial charge in [0.05, 0.1) is 5.75 Å². The number of halogens is 2. The zero-order valence-electron chi connectivity index (χ0n) is 10.7. The third-order valence-corrected chi connectivity index (χ3v) is 5.28. The molecular formula is C12H18Cl2N2O2S. The van der Waals surface area contributed by atoms with Crippen LogP contribution >= 0.6 is 23.2 Å². The van der Waals surface area contributed by atoms with E-state index in [0.717, 1.165) is 5.56 Å². The molecule has 3 N–H and O–H groups in total. The minimum Gasteiger partial charge on any atom is -0.271 e. The number of sulfone groups is 1. The molecule has 0 spiro atoms. The highest BCUT2D eigenvalue weighted by molar-refractivity contribution is 7.91. The topological polar surface area (TPSA) is 72.2 Å². The molecule has 0 saturated heterocycles. The van der Waals surface area contributed by atoms with E-state index in [1.165, 1.54) is 0 Å². The predicted molar refractivity (Wildman–Crippen MR) is 80.1 cm³/mol. The zero-order valence-corrected chi connectivity index (χ0v) is 13.0. The maximum atomic E-state index is 11.4. The van der Waals surface area contributed by atoms with Crippen LogP contribution in [0.15, 0.2) is 18.2 Å². The second-order valence-corrected chi connectivity index (χ2v) is 7.58. The first-order valence-electron chi connectivity index (χ1n) is 6.01. The molecule has 0 bridgehead atoms. The molecule has 0 radical (unpaired) electrons. The summed E-state index contributed by atoms with van der Waals surface area (Å²) in [4.78, 5) is 0.